The predicted octanol–water partition coefficient (Wildman–Crippen LogP) is 3.18. The van der Waals surface area contributed by atoms with Crippen LogP contribution < -0.4 is 15.4 Å². The zero-order chi connectivity index (χ0) is 20.0. The minimum atomic E-state index is -4.16. The van der Waals surface area contributed by atoms with Crippen molar-refractivity contribution in [1.82, 2.24) is 20.5 Å². The van der Waals surface area contributed by atoms with Gasteiger partial charge in [0, 0.05) is 37.9 Å². The van der Waals surface area contributed by atoms with E-state index < -0.39 is 12.7 Å². The van der Waals surface area contributed by atoms with Gasteiger partial charge >= 0.3 is 6.18 Å². The van der Waals surface area contributed by atoms with Gasteiger partial charge in [-0.25, -0.2) is 9.98 Å². The van der Waals surface area contributed by atoms with Crippen LogP contribution in [0.25, 0.3) is 0 Å². The summed E-state index contributed by atoms with van der Waals surface area (Å²) in [6, 6.07) is 3.73. The number of halogens is 4. The summed E-state index contributed by atoms with van der Waals surface area (Å²) in [4.78, 5) is 10.2. The van der Waals surface area contributed by atoms with E-state index in [4.69, 9.17) is 4.74 Å². The van der Waals surface area contributed by atoms with Crippen molar-refractivity contribution >= 4 is 29.9 Å². The SMILES string of the molecule is CCNC(=NCc1ccnc(OCC2CC2)c1)NC1CCN(CC(F)(F)F)C1.I. The first kappa shape index (κ1) is 24.0. The second-order valence-corrected chi connectivity index (χ2v) is 7.43. The largest absolute Gasteiger partial charge is 0.477 e. The number of hydrogen-bond donors (Lipinski definition) is 2. The number of nitrogens with zero attached hydrogens (tertiary/aromatic N) is 3. The minimum absolute atomic E-state index is 0. The molecule has 6 nitrogen and oxygen atoms in total. The number of aromatic nitrogens is 1. The Kier molecular flexibility index (Phi) is 9.25. The highest BCUT2D eigenvalue weighted by Gasteiger charge is 2.34. The molecule has 1 aliphatic heterocycles. The number of likely N-dealkylation sites (tertiary alicyclic amines) is 1. The van der Waals surface area contributed by atoms with E-state index in [-0.39, 0.29) is 30.0 Å². The van der Waals surface area contributed by atoms with Gasteiger partial charge in [-0.15, -0.1) is 24.0 Å². The molecule has 1 aromatic rings. The van der Waals surface area contributed by atoms with E-state index in [9.17, 15) is 13.2 Å². The lowest BCUT2D eigenvalue weighted by Crippen LogP contribution is -2.45. The summed E-state index contributed by atoms with van der Waals surface area (Å²) in [5.74, 6) is 1.88. The average Bonchev–Trinajstić information content (AvgIpc) is 3.37. The van der Waals surface area contributed by atoms with Gasteiger partial charge in [-0.3, -0.25) is 4.90 Å². The first-order valence-electron chi connectivity index (χ1n) is 9.83. The summed E-state index contributed by atoms with van der Waals surface area (Å²) in [7, 11) is 0. The zero-order valence-corrected chi connectivity index (χ0v) is 18.9. The Balaban J connectivity index is 0.00000300. The van der Waals surface area contributed by atoms with Crippen molar-refractivity contribution in [2.75, 3.05) is 32.8 Å². The standard InChI is InChI=1S/C19H28F3N5O.HI/c1-2-23-18(26-16-6-8-27(11-16)13-19(20,21)22)25-10-15-5-7-24-17(9-15)28-12-14-3-4-14;/h5,7,9,14,16H,2-4,6,8,10-13H2,1H3,(H2,23,25,26);1H. The minimum Gasteiger partial charge on any atom is -0.477 e. The van der Waals surface area contributed by atoms with Crippen LogP contribution in [0.2, 0.25) is 0 Å². The van der Waals surface area contributed by atoms with Crippen molar-refractivity contribution in [3.63, 3.8) is 0 Å². The van der Waals surface area contributed by atoms with Crippen LogP contribution in [0.3, 0.4) is 0 Å². The van der Waals surface area contributed by atoms with Crippen molar-refractivity contribution < 1.29 is 17.9 Å². The fourth-order valence-electron chi connectivity index (χ4n) is 3.15. The molecule has 0 radical (unpaired) electrons. The molecule has 0 amide bonds. The fraction of sp³-hybridized carbons (Fsp3) is 0.684. The number of nitrogens with one attached hydrogen (secondary N) is 2. The number of rotatable bonds is 8. The van der Waals surface area contributed by atoms with E-state index in [2.05, 4.69) is 20.6 Å². The first-order valence-corrected chi connectivity index (χ1v) is 9.83. The molecule has 2 N–H and O–H groups in total. The molecule has 0 aromatic carbocycles. The molecule has 1 saturated heterocycles. The molecular formula is C19H29F3IN5O. The van der Waals surface area contributed by atoms with Gasteiger partial charge in [0.05, 0.1) is 19.7 Å². The number of guanidine groups is 1. The van der Waals surface area contributed by atoms with Gasteiger partial charge in [0.15, 0.2) is 5.96 Å². The molecule has 1 aromatic heterocycles. The number of aliphatic imine (C=N–C) groups is 1. The Morgan fingerprint density at radius 2 is 2.14 bits per heavy atom. The molecule has 10 heteroatoms. The zero-order valence-electron chi connectivity index (χ0n) is 16.5. The molecule has 3 rings (SSSR count). The van der Waals surface area contributed by atoms with Crippen LogP contribution in [0.1, 0.15) is 31.7 Å². The highest BCUT2D eigenvalue weighted by atomic mass is 127. The summed E-state index contributed by atoms with van der Waals surface area (Å²) in [5, 5.41) is 6.41. The van der Waals surface area contributed by atoms with Crippen LogP contribution in [0, 0.1) is 5.92 Å². The van der Waals surface area contributed by atoms with Gasteiger partial charge in [0.1, 0.15) is 0 Å². The van der Waals surface area contributed by atoms with E-state index in [0.29, 0.717) is 57.0 Å². The van der Waals surface area contributed by atoms with Crippen molar-refractivity contribution in [2.24, 2.45) is 10.9 Å². The fourth-order valence-corrected chi connectivity index (χ4v) is 3.15. The lowest BCUT2D eigenvalue weighted by atomic mass is 10.2. The van der Waals surface area contributed by atoms with Gasteiger partial charge in [-0.05, 0) is 43.7 Å². The number of hydrogen-bond acceptors (Lipinski definition) is 4. The topological polar surface area (TPSA) is 61.8 Å². The molecular weight excluding hydrogens is 498 g/mol. The Morgan fingerprint density at radius 3 is 2.83 bits per heavy atom. The normalized spacial score (nSPS) is 20.3. The second-order valence-electron chi connectivity index (χ2n) is 7.43. The monoisotopic (exact) mass is 527 g/mol. The Morgan fingerprint density at radius 1 is 1.34 bits per heavy atom. The molecule has 0 spiro atoms. The maximum Gasteiger partial charge on any atom is 0.401 e. The Hall–Kier alpha value is -1.30. The molecule has 164 valence electrons. The van der Waals surface area contributed by atoms with E-state index in [1.165, 1.54) is 17.7 Å². The van der Waals surface area contributed by atoms with Crippen LogP contribution in [0.15, 0.2) is 23.3 Å². The molecule has 1 saturated carbocycles. The lowest BCUT2D eigenvalue weighted by Gasteiger charge is -2.19. The molecule has 29 heavy (non-hydrogen) atoms. The molecule has 1 atom stereocenters. The van der Waals surface area contributed by atoms with Crippen LogP contribution in [-0.4, -0.2) is 60.8 Å². The van der Waals surface area contributed by atoms with E-state index in [1.807, 2.05) is 19.1 Å². The van der Waals surface area contributed by atoms with E-state index >= 15 is 0 Å². The number of pyridine rings is 1. The van der Waals surface area contributed by atoms with Gasteiger partial charge in [-0.2, -0.15) is 13.2 Å². The molecule has 2 fully saturated rings. The molecule has 1 aliphatic carbocycles. The Bertz CT molecular complexity index is 669. The molecule has 0 bridgehead atoms. The lowest BCUT2D eigenvalue weighted by molar-refractivity contribution is -0.143. The summed E-state index contributed by atoms with van der Waals surface area (Å²) in [5.41, 5.74) is 0.975. The van der Waals surface area contributed by atoms with Crippen LogP contribution >= 0.6 is 24.0 Å². The molecule has 2 heterocycles. The highest BCUT2D eigenvalue weighted by molar-refractivity contribution is 14.0. The summed E-state index contributed by atoms with van der Waals surface area (Å²) in [6.07, 6.45) is 0.662. The summed E-state index contributed by atoms with van der Waals surface area (Å²) < 4.78 is 43.3. The Labute approximate surface area is 186 Å². The highest BCUT2D eigenvalue weighted by Crippen LogP contribution is 2.29. The van der Waals surface area contributed by atoms with Gasteiger partial charge in [-0.1, -0.05) is 0 Å². The van der Waals surface area contributed by atoms with Gasteiger partial charge in [0.25, 0.3) is 0 Å². The third-order valence-corrected chi connectivity index (χ3v) is 4.74. The van der Waals surface area contributed by atoms with Crippen molar-refractivity contribution in [3.05, 3.63) is 23.9 Å². The molecule has 2 aliphatic rings. The first-order chi connectivity index (χ1) is 13.4. The van der Waals surface area contributed by atoms with Crippen LogP contribution in [0.5, 0.6) is 5.88 Å². The van der Waals surface area contributed by atoms with Crippen LogP contribution in [0.4, 0.5) is 13.2 Å². The number of alkyl halides is 3. The maximum absolute atomic E-state index is 12.5. The summed E-state index contributed by atoms with van der Waals surface area (Å²) >= 11 is 0. The smallest absolute Gasteiger partial charge is 0.401 e. The van der Waals surface area contributed by atoms with E-state index in [0.717, 1.165) is 5.56 Å². The second kappa shape index (κ2) is 11.2. The maximum atomic E-state index is 12.5. The van der Waals surface area contributed by atoms with Crippen molar-refractivity contribution in [1.29, 1.82) is 0 Å². The predicted molar refractivity (Wildman–Crippen MR) is 117 cm³/mol. The third-order valence-electron chi connectivity index (χ3n) is 4.74. The van der Waals surface area contributed by atoms with Crippen molar-refractivity contribution in [3.8, 4) is 5.88 Å². The van der Waals surface area contributed by atoms with Crippen LogP contribution in [-0.2, 0) is 6.54 Å². The quantitative estimate of drug-likeness (QED) is 0.309. The number of ether oxygens (including phenoxy) is 1. The van der Waals surface area contributed by atoms with E-state index in [1.54, 1.807) is 6.20 Å². The van der Waals surface area contributed by atoms with Gasteiger partial charge in [0.2, 0.25) is 5.88 Å². The average molecular weight is 527 g/mol. The van der Waals surface area contributed by atoms with Crippen molar-refractivity contribution in [2.45, 2.75) is 44.9 Å². The van der Waals surface area contributed by atoms with Gasteiger partial charge < -0.3 is 15.4 Å². The summed E-state index contributed by atoms with van der Waals surface area (Å²) in [6.45, 7) is 3.71. The third kappa shape index (κ3) is 8.93. The molecule has 1 unspecified atom stereocenters.